The van der Waals surface area contributed by atoms with E-state index in [0.29, 0.717) is 41.6 Å². The molecule has 0 saturated heterocycles. The Morgan fingerprint density at radius 3 is 2.77 bits per heavy atom. The van der Waals surface area contributed by atoms with Crippen molar-refractivity contribution in [1.82, 2.24) is 29.2 Å². The number of rotatable bonds is 8. The van der Waals surface area contributed by atoms with Crippen molar-refractivity contribution in [3.8, 4) is 22.1 Å². The van der Waals surface area contributed by atoms with Gasteiger partial charge < -0.3 is 24.3 Å². The zero-order valence-electron chi connectivity index (χ0n) is 19.5. The summed E-state index contributed by atoms with van der Waals surface area (Å²) >= 11 is 1.91. The number of nitrogens with zero attached hydrogens (tertiary/aromatic N) is 5. The Balaban J connectivity index is 1.47. The predicted octanol–water partition coefficient (Wildman–Crippen LogP) is 3.85. The van der Waals surface area contributed by atoms with Gasteiger partial charge in [-0.05, 0) is 39.3 Å². The third-order valence-corrected chi connectivity index (χ3v) is 8.65. The van der Waals surface area contributed by atoms with Crippen LogP contribution in [-0.2, 0) is 17.9 Å². The number of benzene rings is 1. The molecular formula is C22H25N7O3S3. The van der Waals surface area contributed by atoms with Gasteiger partial charge in [0.15, 0.2) is 33.6 Å². The summed E-state index contributed by atoms with van der Waals surface area (Å²) in [7, 11) is 0. The second-order valence-corrected chi connectivity index (χ2v) is 12.7. The van der Waals surface area contributed by atoms with Gasteiger partial charge in [0.25, 0.3) is 0 Å². The van der Waals surface area contributed by atoms with Gasteiger partial charge in [-0.2, -0.15) is 0 Å². The molecular weight excluding hydrogens is 506 g/mol. The van der Waals surface area contributed by atoms with Gasteiger partial charge in [0.1, 0.15) is 16.1 Å². The lowest BCUT2D eigenvalue weighted by molar-refractivity contribution is 0.174. The number of aromatic nitrogens is 5. The van der Waals surface area contributed by atoms with Gasteiger partial charge in [0.2, 0.25) is 6.79 Å². The number of hydrogen-bond acceptors (Lipinski definition) is 11. The van der Waals surface area contributed by atoms with Crippen LogP contribution in [0.3, 0.4) is 0 Å². The number of imidazole rings is 1. The Hall–Kier alpha value is -2.58. The van der Waals surface area contributed by atoms with E-state index in [4.69, 9.17) is 20.2 Å². The normalized spacial score (nSPS) is 14.1. The number of hydrogen-bond donors (Lipinski definition) is 2. The van der Waals surface area contributed by atoms with Crippen molar-refractivity contribution in [2.75, 3.05) is 19.1 Å². The molecule has 0 aliphatic carbocycles. The van der Waals surface area contributed by atoms with Crippen LogP contribution >= 0.6 is 23.1 Å². The maximum atomic E-state index is 12.3. The average molecular weight is 532 g/mol. The van der Waals surface area contributed by atoms with E-state index in [-0.39, 0.29) is 11.5 Å². The van der Waals surface area contributed by atoms with Gasteiger partial charge >= 0.3 is 0 Å². The first-order valence-corrected chi connectivity index (χ1v) is 13.8. The Labute approximate surface area is 214 Å². The fourth-order valence-electron chi connectivity index (χ4n) is 3.46. The van der Waals surface area contributed by atoms with Crippen molar-refractivity contribution >= 4 is 51.4 Å². The molecule has 1 aliphatic heterocycles. The number of nitrogens with two attached hydrogens (primary N) is 1. The van der Waals surface area contributed by atoms with E-state index in [1.165, 1.54) is 18.1 Å². The summed E-state index contributed by atoms with van der Waals surface area (Å²) in [5.74, 6) is 1.71. The Kier molecular flexibility index (Phi) is 6.77. The van der Waals surface area contributed by atoms with Crippen LogP contribution in [0.25, 0.3) is 21.7 Å². The quantitative estimate of drug-likeness (QED) is 0.255. The lowest BCUT2D eigenvalue weighted by Crippen LogP contribution is -2.39. The summed E-state index contributed by atoms with van der Waals surface area (Å²) in [5, 5.41) is 3.54. The van der Waals surface area contributed by atoms with Crippen molar-refractivity contribution in [2.45, 2.75) is 48.5 Å². The second-order valence-electron chi connectivity index (χ2n) is 8.75. The van der Waals surface area contributed by atoms with E-state index in [0.717, 1.165) is 27.0 Å². The van der Waals surface area contributed by atoms with Crippen molar-refractivity contribution in [1.29, 1.82) is 0 Å². The molecule has 5 rings (SSSR count). The number of nitrogens with one attached hydrogen (secondary N) is 1. The van der Waals surface area contributed by atoms with Gasteiger partial charge in [-0.1, -0.05) is 11.8 Å². The Bertz CT molecular complexity index is 1340. The average Bonchev–Trinajstić information content (AvgIpc) is 3.56. The molecule has 0 radical (unpaired) electrons. The van der Waals surface area contributed by atoms with Gasteiger partial charge in [0.05, 0.1) is 0 Å². The molecule has 0 saturated carbocycles. The van der Waals surface area contributed by atoms with E-state index >= 15 is 0 Å². The molecule has 0 bridgehead atoms. The van der Waals surface area contributed by atoms with Crippen LogP contribution in [0, 0.1) is 0 Å². The number of aryl methyl sites for hydroxylation is 1. The fraction of sp³-hybridized carbons (Fsp3) is 0.364. The number of anilines is 1. The van der Waals surface area contributed by atoms with Crippen LogP contribution < -0.4 is 19.9 Å². The summed E-state index contributed by atoms with van der Waals surface area (Å²) in [6, 6.07) is 3.91. The second kappa shape index (κ2) is 9.82. The minimum atomic E-state index is -1.13. The predicted molar refractivity (Wildman–Crippen MR) is 138 cm³/mol. The molecule has 0 spiro atoms. The Morgan fingerprint density at radius 2 is 2.03 bits per heavy atom. The highest BCUT2D eigenvalue weighted by Crippen LogP contribution is 2.45. The third-order valence-electron chi connectivity index (χ3n) is 5.21. The molecule has 4 aromatic rings. The summed E-state index contributed by atoms with van der Waals surface area (Å²) in [5.41, 5.74) is 8.27. The number of ether oxygens (including phenoxy) is 2. The molecule has 1 aliphatic rings. The molecule has 35 heavy (non-hydrogen) atoms. The zero-order valence-corrected chi connectivity index (χ0v) is 21.9. The van der Waals surface area contributed by atoms with Crippen LogP contribution in [-0.4, -0.2) is 47.1 Å². The minimum Gasteiger partial charge on any atom is -0.598 e. The molecule has 3 aromatic heterocycles. The molecule has 0 fully saturated rings. The molecule has 3 N–H and O–H groups in total. The highest BCUT2D eigenvalue weighted by atomic mass is 32.2. The van der Waals surface area contributed by atoms with E-state index in [1.54, 1.807) is 17.5 Å². The van der Waals surface area contributed by atoms with Crippen molar-refractivity contribution in [3.63, 3.8) is 0 Å². The molecule has 10 nitrogen and oxygen atoms in total. The molecule has 1 unspecified atom stereocenters. The first-order chi connectivity index (χ1) is 16.8. The van der Waals surface area contributed by atoms with E-state index in [9.17, 15) is 4.55 Å². The smallest absolute Gasteiger partial charge is 0.231 e. The molecule has 4 heterocycles. The lowest BCUT2D eigenvalue weighted by atomic mass is 10.2. The number of fused-ring (bicyclic) bond motifs is 2. The van der Waals surface area contributed by atoms with Crippen LogP contribution in [0.5, 0.6) is 11.5 Å². The zero-order chi connectivity index (χ0) is 24.6. The molecule has 1 atom stereocenters. The molecule has 1 aromatic carbocycles. The van der Waals surface area contributed by atoms with E-state index < -0.39 is 11.4 Å². The van der Waals surface area contributed by atoms with Gasteiger partial charge in [-0.25, -0.2) is 19.9 Å². The minimum absolute atomic E-state index is 0.189. The molecule has 0 amide bonds. The molecule has 184 valence electrons. The summed E-state index contributed by atoms with van der Waals surface area (Å²) in [4.78, 5) is 18.8. The van der Waals surface area contributed by atoms with Crippen molar-refractivity contribution < 1.29 is 14.0 Å². The highest BCUT2D eigenvalue weighted by molar-refractivity contribution is 7.99. The van der Waals surface area contributed by atoms with Crippen molar-refractivity contribution in [3.05, 3.63) is 30.0 Å². The SMILES string of the molecule is CC(C)(C)[S+]([O-])NCCCn1c(Sc2cc3c(cc2-c2nccs2)OCO3)nc2c(N)ncnc21. The van der Waals surface area contributed by atoms with E-state index in [2.05, 4.69) is 19.7 Å². The van der Waals surface area contributed by atoms with Crippen molar-refractivity contribution in [2.24, 2.45) is 0 Å². The molecule has 13 heteroatoms. The van der Waals surface area contributed by atoms with Crippen LogP contribution in [0.15, 0.2) is 40.1 Å². The van der Waals surface area contributed by atoms with Crippen LogP contribution in [0.2, 0.25) is 0 Å². The van der Waals surface area contributed by atoms with Crippen LogP contribution in [0.1, 0.15) is 27.2 Å². The monoisotopic (exact) mass is 531 g/mol. The third kappa shape index (κ3) is 5.05. The number of nitrogen functional groups attached to an aromatic ring is 1. The fourth-order valence-corrected chi connectivity index (χ4v) is 6.01. The van der Waals surface area contributed by atoms with Gasteiger partial charge in [0, 0.05) is 46.5 Å². The summed E-state index contributed by atoms with van der Waals surface area (Å²) in [6.45, 7) is 7.22. The number of thiazole rings is 1. The topological polar surface area (TPSA) is 136 Å². The highest BCUT2D eigenvalue weighted by Gasteiger charge is 2.26. The van der Waals surface area contributed by atoms with Gasteiger partial charge in [-0.3, -0.25) is 0 Å². The first-order valence-electron chi connectivity index (χ1n) is 10.9. The summed E-state index contributed by atoms with van der Waals surface area (Å²) in [6.07, 6.45) is 3.95. The maximum Gasteiger partial charge on any atom is 0.231 e. The van der Waals surface area contributed by atoms with Gasteiger partial charge in [-0.15, -0.1) is 16.1 Å². The maximum absolute atomic E-state index is 12.3. The first kappa shape index (κ1) is 24.1. The van der Waals surface area contributed by atoms with E-state index in [1.807, 2.05) is 42.9 Å². The Morgan fingerprint density at radius 1 is 1.23 bits per heavy atom. The standard InChI is InChI=1S/C22H25N7O3S3/c1-22(2,3)35(30)27-5-4-7-29-19-17(18(23)25-11-26-19)28-21(29)34-16-10-15-14(31-12-32-15)9-13(16)20-24-6-8-33-20/h6,8-11,27H,4-5,7,12H2,1-3H3,(H2,23,25,26). The summed E-state index contributed by atoms with van der Waals surface area (Å²) < 4.78 is 28.4. The lowest BCUT2D eigenvalue weighted by Gasteiger charge is -2.23. The largest absolute Gasteiger partial charge is 0.598 e. The van der Waals surface area contributed by atoms with Crippen LogP contribution in [0.4, 0.5) is 5.82 Å².